The summed E-state index contributed by atoms with van der Waals surface area (Å²) in [5.41, 5.74) is 1.00. The molecule has 1 fully saturated rings. The van der Waals surface area contributed by atoms with Crippen LogP contribution in [0.3, 0.4) is 0 Å². The molecule has 0 radical (unpaired) electrons. The monoisotopic (exact) mass is 357 g/mol. The molecule has 1 amide bonds. The summed E-state index contributed by atoms with van der Waals surface area (Å²) in [6.45, 7) is 2.18. The molecular formula is C16H19N7O3. The second kappa shape index (κ2) is 6.37. The topological polar surface area (TPSA) is 115 Å². The number of likely N-dealkylation sites (tertiary alicyclic amines) is 1. The first kappa shape index (κ1) is 16.5. The number of methoxy groups -OCH3 is 1. The Morgan fingerprint density at radius 2 is 2.31 bits per heavy atom. The number of carbonyl (C=O) groups is 1. The summed E-state index contributed by atoms with van der Waals surface area (Å²) >= 11 is 0. The largest absolute Gasteiger partial charge is 0.440 e. The number of rotatable bonds is 4. The van der Waals surface area contributed by atoms with E-state index in [9.17, 15) is 4.79 Å². The number of amides is 1. The van der Waals surface area contributed by atoms with Crippen LogP contribution >= 0.6 is 0 Å². The van der Waals surface area contributed by atoms with Gasteiger partial charge in [-0.2, -0.15) is 10.2 Å². The Morgan fingerprint density at radius 3 is 2.96 bits per heavy atom. The van der Waals surface area contributed by atoms with E-state index in [-0.39, 0.29) is 23.7 Å². The molecule has 136 valence electrons. The van der Waals surface area contributed by atoms with Gasteiger partial charge in [-0.05, 0) is 6.92 Å². The van der Waals surface area contributed by atoms with Gasteiger partial charge in [0.25, 0.3) is 5.91 Å². The quantitative estimate of drug-likeness (QED) is 0.743. The van der Waals surface area contributed by atoms with E-state index in [0.29, 0.717) is 30.4 Å². The number of nitrogens with zero attached hydrogens (tertiary/aromatic N) is 6. The lowest BCUT2D eigenvalue weighted by Gasteiger charge is -2.21. The van der Waals surface area contributed by atoms with E-state index in [2.05, 4.69) is 25.3 Å². The molecule has 0 unspecified atom stereocenters. The van der Waals surface area contributed by atoms with Crippen molar-refractivity contribution in [1.29, 1.82) is 0 Å². The molecule has 1 saturated heterocycles. The number of H-pyrrole nitrogens is 1. The van der Waals surface area contributed by atoms with Gasteiger partial charge < -0.3 is 14.1 Å². The predicted molar refractivity (Wildman–Crippen MR) is 89.0 cm³/mol. The molecule has 1 N–H and O–H groups in total. The Bertz CT molecular complexity index is 914. The van der Waals surface area contributed by atoms with Crippen molar-refractivity contribution in [3.63, 3.8) is 0 Å². The van der Waals surface area contributed by atoms with Crippen LogP contribution < -0.4 is 0 Å². The molecule has 0 spiro atoms. The van der Waals surface area contributed by atoms with E-state index < -0.39 is 0 Å². The van der Waals surface area contributed by atoms with Crippen LogP contribution in [-0.2, 0) is 11.8 Å². The van der Waals surface area contributed by atoms with E-state index in [1.54, 1.807) is 36.0 Å². The molecule has 3 aromatic heterocycles. The van der Waals surface area contributed by atoms with Gasteiger partial charge in [0.15, 0.2) is 5.69 Å². The zero-order chi connectivity index (χ0) is 18.3. The van der Waals surface area contributed by atoms with E-state index in [1.807, 2.05) is 7.05 Å². The van der Waals surface area contributed by atoms with Gasteiger partial charge in [-0.15, -0.1) is 0 Å². The maximum Gasteiger partial charge on any atom is 0.276 e. The van der Waals surface area contributed by atoms with Crippen molar-refractivity contribution in [2.45, 2.75) is 25.5 Å². The third-order valence-electron chi connectivity index (χ3n) is 4.56. The average Bonchev–Trinajstić information content (AvgIpc) is 3.40. The summed E-state index contributed by atoms with van der Waals surface area (Å²) in [4.78, 5) is 23.5. The van der Waals surface area contributed by atoms with Gasteiger partial charge in [-0.25, -0.2) is 9.97 Å². The highest BCUT2D eigenvalue weighted by atomic mass is 16.5. The Morgan fingerprint density at radius 1 is 1.46 bits per heavy atom. The second-order valence-corrected chi connectivity index (χ2v) is 6.26. The first-order valence-corrected chi connectivity index (χ1v) is 8.22. The molecule has 1 aliphatic rings. The van der Waals surface area contributed by atoms with Crippen LogP contribution in [0.2, 0.25) is 0 Å². The molecule has 0 aromatic carbocycles. The Balaban J connectivity index is 1.65. The van der Waals surface area contributed by atoms with E-state index in [1.165, 1.54) is 6.33 Å². The number of hydrogen-bond donors (Lipinski definition) is 1. The smallest absolute Gasteiger partial charge is 0.276 e. The van der Waals surface area contributed by atoms with Crippen LogP contribution in [0.1, 0.15) is 34.5 Å². The van der Waals surface area contributed by atoms with Crippen LogP contribution in [-0.4, -0.2) is 60.5 Å². The molecule has 2 atom stereocenters. The maximum absolute atomic E-state index is 13.1. The first-order valence-electron chi connectivity index (χ1n) is 8.22. The summed E-state index contributed by atoms with van der Waals surface area (Å²) in [6, 6.07) is -0.243. The van der Waals surface area contributed by atoms with Crippen molar-refractivity contribution >= 4 is 5.91 Å². The Labute approximate surface area is 149 Å². The van der Waals surface area contributed by atoms with E-state index in [4.69, 9.17) is 9.15 Å². The van der Waals surface area contributed by atoms with Gasteiger partial charge >= 0.3 is 0 Å². The summed E-state index contributed by atoms with van der Waals surface area (Å²) in [6.07, 6.45) is 5.43. The first-order chi connectivity index (χ1) is 12.6. The maximum atomic E-state index is 13.1. The minimum atomic E-state index is -0.243. The fraction of sp³-hybridized carbons (Fsp3) is 0.438. The van der Waals surface area contributed by atoms with Crippen LogP contribution in [0.5, 0.6) is 0 Å². The number of ether oxygens (including phenoxy) is 1. The van der Waals surface area contributed by atoms with Crippen molar-refractivity contribution in [1.82, 2.24) is 34.8 Å². The van der Waals surface area contributed by atoms with E-state index in [0.717, 1.165) is 5.56 Å². The molecule has 10 nitrogen and oxygen atoms in total. The molecule has 0 bridgehead atoms. The Hall–Kier alpha value is -3.01. The molecule has 10 heteroatoms. The number of aryl methyl sites for hydroxylation is 2. The van der Waals surface area contributed by atoms with Crippen LogP contribution in [0, 0.1) is 6.92 Å². The SMILES string of the molecule is CO[C@@H]1C[C@@H](c2ncn[nH]2)N(C(=O)c2nc(-c3cnn(C)c3)oc2C)C1. The van der Waals surface area contributed by atoms with Crippen LogP contribution in [0.15, 0.2) is 23.1 Å². The van der Waals surface area contributed by atoms with Gasteiger partial charge in [-0.1, -0.05) is 0 Å². The summed E-state index contributed by atoms with van der Waals surface area (Å²) < 4.78 is 12.8. The van der Waals surface area contributed by atoms with Crippen molar-refractivity contribution in [3.05, 3.63) is 36.0 Å². The number of carbonyl (C=O) groups excluding carboxylic acids is 1. The van der Waals surface area contributed by atoms with Gasteiger partial charge in [-0.3, -0.25) is 14.6 Å². The summed E-state index contributed by atoms with van der Waals surface area (Å²) in [5.74, 6) is 1.25. The van der Waals surface area contributed by atoms with Gasteiger partial charge in [0.05, 0.1) is 23.9 Å². The molecular weight excluding hydrogens is 338 g/mol. The lowest BCUT2D eigenvalue weighted by Crippen LogP contribution is -2.33. The third kappa shape index (κ3) is 2.77. The summed E-state index contributed by atoms with van der Waals surface area (Å²) in [7, 11) is 3.44. The number of hydrogen-bond acceptors (Lipinski definition) is 7. The lowest BCUT2D eigenvalue weighted by molar-refractivity contribution is 0.0677. The molecule has 1 aliphatic heterocycles. The highest BCUT2D eigenvalue weighted by Crippen LogP contribution is 2.33. The minimum Gasteiger partial charge on any atom is -0.440 e. The number of aromatic amines is 1. The van der Waals surface area contributed by atoms with Crippen LogP contribution in [0.25, 0.3) is 11.5 Å². The second-order valence-electron chi connectivity index (χ2n) is 6.26. The molecule has 26 heavy (non-hydrogen) atoms. The third-order valence-corrected chi connectivity index (χ3v) is 4.56. The molecule has 4 heterocycles. The zero-order valence-corrected chi connectivity index (χ0v) is 14.7. The van der Waals surface area contributed by atoms with Crippen molar-refractivity contribution in [3.8, 4) is 11.5 Å². The number of aromatic nitrogens is 6. The van der Waals surface area contributed by atoms with Gasteiger partial charge in [0.2, 0.25) is 5.89 Å². The van der Waals surface area contributed by atoms with Gasteiger partial charge in [0.1, 0.15) is 17.9 Å². The van der Waals surface area contributed by atoms with E-state index >= 15 is 0 Å². The van der Waals surface area contributed by atoms with Crippen molar-refractivity contribution < 1.29 is 13.9 Å². The minimum absolute atomic E-state index is 0.0703. The predicted octanol–water partition coefficient (Wildman–Crippen LogP) is 1.10. The molecule has 0 aliphatic carbocycles. The molecule has 4 rings (SSSR count). The highest BCUT2D eigenvalue weighted by Gasteiger charge is 2.40. The Kier molecular flexibility index (Phi) is 4.03. The number of nitrogens with one attached hydrogen (secondary N) is 1. The fourth-order valence-electron chi connectivity index (χ4n) is 3.21. The number of oxazole rings is 1. The van der Waals surface area contributed by atoms with Crippen molar-refractivity contribution in [2.75, 3.05) is 13.7 Å². The molecule has 0 saturated carbocycles. The zero-order valence-electron chi connectivity index (χ0n) is 14.7. The average molecular weight is 357 g/mol. The molecule has 3 aromatic rings. The standard InChI is InChI=1S/C16H19N7O3/c1-9-13(20-15(26-9)10-5-19-22(2)6-10)16(24)23-7-11(25-3)4-12(23)14-17-8-18-21-14/h5-6,8,11-12H,4,7H2,1-3H3,(H,17,18,21)/t11-,12+/m1/s1. The van der Waals surface area contributed by atoms with Gasteiger partial charge in [0, 0.05) is 33.3 Å². The van der Waals surface area contributed by atoms with Crippen molar-refractivity contribution in [2.24, 2.45) is 7.05 Å². The highest BCUT2D eigenvalue weighted by molar-refractivity contribution is 5.94. The normalized spacial score (nSPS) is 20.0. The lowest BCUT2D eigenvalue weighted by atomic mass is 10.2. The fourth-order valence-corrected chi connectivity index (χ4v) is 3.21. The van der Waals surface area contributed by atoms with Crippen LogP contribution in [0.4, 0.5) is 0 Å². The summed E-state index contributed by atoms with van der Waals surface area (Å²) in [5, 5.41) is 10.8.